The quantitative estimate of drug-likeness (QED) is 0.877. The first-order valence-electron chi connectivity index (χ1n) is 5.80. The molecular formula is C13H17ClO2. The Morgan fingerprint density at radius 1 is 1.12 bits per heavy atom. The van der Waals surface area contributed by atoms with Crippen molar-refractivity contribution < 1.29 is 9.84 Å². The molecule has 1 fully saturated rings. The normalized spacial score (nSPS) is 19.4. The summed E-state index contributed by atoms with van der Waals surface area (Å²) < 4.78 is 5.94. The maximum absolute atomic E-state index is 9.51. The molecule has 1 saturated carbocycles. The van der Waals surface area contributed by atoms with Gasteiger partial charge in [0.1, 0.15) is 11.4 Å². The van der Waals surface area contributed by atoms with E-state index >= 15 is 0 Å². The van der Waals surface area contributed by atoms with Gasteiger partial charge in [-0.2, -0.15) is 0 Å². The molecule has 1 aromatic rings. The molecule has 3 heteroatoms. The van der Waals surface area contributed by atoms with Gasteiger partial charge < -0.3 is 9.84 Å². The molecule has 0 unspecified atom stereocenters. The number of halogens is 1. The largest absolute Gasteiger partial charge is 0.485 e. The van der Waals surface area contributed by atoms with Crippen molar-refractivity contribution in [3.05, 3.63) is 29.3 Å². The number of rotatable bonds is 3. The van der Waals surface area contributed by atoms with Crippen molar-refractivity contribution in [1.29, 1.82) is 0 Å². The van der Waals surface area contributed by atoms with Gasteiger partial charge >= 0.3 is 0 Å². The van der Waals surface area contributed by atoms with Gasteiger partial charge in [-0.25, -0.2) is 0 Å². The highest BCUT2D eigenvalue weighted by Gasteiger charge is 2.33. The topological polar surface area (TPSA) is 29.5 Å². The summed E-state index contributed by atoms with van der Waals surface area (Å²) in [6.07, 6.45) is 5.38. The Bertz CT molecular complexity index is 328. The second-order valence-corrected chi connectivity index (χ2v) is 4.89. The van der Waals surface area contributed by atoms with Crippen LogP contribution in [-0.4, -0.2) is 17.3 Å². The van der Waals surface area contributed by atoms with Crippen molar-refractivity contribution in [1.82, 2.24) is 0 Å². The first-order chi connectivity index (χ1) is 7.74. The van der Waals surface area contributed by atoms with E-state index in [0.717, 1.165) is 31.4 Å². The van der Waals surface area contributed by atoms with E-state index in [1.165, 1.54) is 6.42 Å². The summed E-state index contributed by atoms with van der Waals surface area (Å²) >= 11 is 5.82. The van der Waals surface area contributed by atoms with E-state index in [-0.39, 0.29) is 12.2 Å². The lowest BCUT2D eigenvalue weighted by Gasteiger charge is -2.36. The molecule has 1 aliphatic carbocycles. The highest BCUT2D eigenvalue weighted by molar-refractivity contribution is 6.30. The van der Waals surface area contributed by atoms with Crippen LogP contribution in [0.1, 0.15) is 32.1 Å². The van der Waals surface area contributed by atoms with Crippen LogP contribution in [-0.2, 0) is 0 Å². The maximum Gasteiger partial charge on any atom is 0.132 e. The molecule has 1 N–H and O–H groups in total. The van der Waals surface area contributed by atoms with E-state index in [0.29, 0.717) is 5.02 Å². The SMILES string of the molecule is OCC1(Oc2ccc(Cl)cc2)CCCCC1. The molecule has 0 aliphatic heterocycles. The van der Waals surface area contributed by atoms with Gasteiger partial charge in [0, 0.05) is 5.02 Å². The molecule has 2 rings (SSSR count). The minimum atomic E-state index is -0.369. The molecule has 0 saturated heterocycles. The summed E-state index contributed by atoms with van der Waals surface area (Å²) in [5.41, 5.74) is -0.369. The number of benzene rings is 1. The highest BCUT2D eigenvalue weighted by Crippen LogP contribution is 2.33. The number of aliphatic hydroxyl groups is 1. The van der Waals surface area contributed by atoms with Crippen molar-refractivity contribution in [2.75, 3.05) is 6.61 Å². The van der Waals surface area contributed by atoms with Crippen molar-refractivity contribution in [2.24, 2.45) is 0 Å². The fraction of sp³-hybridized carbons (Fsp3) is 0.538. The van der Waals surface area contributed by atoms with Gasteiger partial charge in [0.15, 0.2) is 0 Å². The van der Waals surface area contributed by atoms with Gasteiger partial charge in [-0.05, 0) is 49.9 Å². The van der Waals surface area contributed by atoms with Crippen LogP contribution in [0.25, 0.3) is 0 Å². The average molecular weight is 241 g/mol. The van der Waals surface area contributed by atoms with E-state index in [9.17, 15) is 5.11 Å². The molecule has 0 atom stereocenters. The summed E-state index contributed by atoms with van der Waals surface area (Å²) in [4.78, 5) is 0. The third-order valence-corrected chi connectivity index (χ3v) is 3.45. The predicted octanol–water partition coefficient (Wildman–Crippen LogP) is 3.41. The predicted molar refractivity (Wildman–Crippen MR) is 65.0 cm³/mol. The molecule has 16 heavy (non-hydrogen) atoms. The van der Waals surface area contributed by atoms with E-state index < -0.39 is 0 Å². The zero-order valence-corrected chi connectivity index (χ0v) is 10.0. The number of hydrogen-bond donors (Lipinski definition) is 1. The van der Waals surface area contributed by atoms with Crippen LogP contribution in [0.4, 0.5) is 0 Å². The first-order valence-corrected chi connectivity index (χ1v) is 6.17. The van der Waals surface area contributed by atoms with E-state index in [2.05, 4.69) is 0 Å². The van der Waals surface area contributed by atoms with E-state index in [1.54, 1.807) is 0 Å². The van der Waals surface area contributed by atoms with Crippen molar-refractivity contribution >= 4 is 11.6 Å². The minimum Gasteiger partial charge on any atom is -0.485 e. The number of ether oxygens (including phenoxy) is 1. The van der Waals surface area contributed by atoms with Crippen LogP contribution in [0.2, 0.25) is 5.02 Å². The third-order valence-electron chi connectivity index (χ3n) is 3.20. The summed E-state index contributed by atoms with van der Waals surface area (Å²) in [5, 5.41) is 10.2. The minimum absolute atomic E-state index is 0.0929. The zero-order chi connectivity index (χ0) is 11.4. The third kappa shape index (κ3) is 2.69. The van der Waals surface area contributed by atoms with Crippen LogP contribution >= 0.6 is 11.6 Å². The molecule has 2 nitrogen and oxygen atoms in total. The lowest BCUT2D eigenvalue weighted by Crippen LogP contribution is -2.41. The van der Waals surface area contributed by atoms with Gasteiger partial charge in [0.05, 0.1) is 6.61 Å². The van der Waals surface area contributed by atoms with Gasteiger partial charge in [-0.15, -0.1) is 0 Å². The fourth-order valence-electron chi connectivity index (χ4n) is 2.24. The average Bonchev–Trinajstić information content (AvgIpc) is 2.33. The number of aliphatic hydroxyl groups excluding tert-OH is 1. The Morgan fingerprint density at radius 2 is 1.75 bits per heavy atom. The van der Waals surface area contributed by atoms with E-state index in [4.69, 9.17) is 16.3 Å². The molecule has 0 heterocycles. The van der Waals surface area contributed by atoms with E-state index in [1.807, 2.05) is 24.3 Å². The molecular weight excluding hydrogens is 224 g/mol. The van der Waals surface area contributed by atoms with Crippen molar-refractivity contribution in [3.8, 4) is 5.75 Å². The molecule has 1 aliphatic rings. The lowest BCUT2D eigenvalue weighted by molar-refractivity contribution is -0.0198. The Balaban J connectivity index is 2.08. The smallest absolute Gasteiger partial charge is 0.132 e. The zero-order valence-electron chi connectivity index (χ0n) is 9.29. The van der Waals surface area contributed by atoms with Gasteiger partial charge in [-0.1, -0.05) is 18.0 Å². The van der Waals surface area contributed by atoms with Gasteiger partial charge in [0.25, 0.3) is 0 Å². The molecule has 0 bridgehead atoms. The fourth-order valence-corrected chi connectivity index (χ4v) is 2.37. The summed E-state index contributed by atoms with van der Waals surface area (Å²) in [5.74, 6) is 0.792. The van der Waals surface area contributed by atoms with Crippen LogP contribution in [0, 0.1) is 0 Å². The molecule has 0 aromatic heterocycles. The van der Waals surface area contributed by atoms with Gasteiger partial charge in [-0.3, -0.25) is 0 Å². The molecule has 0 radical (unpaired) electrons. The van der Waals surface area contributed by atoms with Crippen LogP contribution in [0.3, 0.4) is 0 Å². The Morgan fingerprint density at radius 3 is 2.31 bits per heavy atom. The van der Waals surface area contributed by atoms with Gasteiger partial charge in [0.2, 0.25) is 0 Å². The van der Waals surface area contributed by atoms with Crippen LogP contribution < -0.4 is 4.74 Å². The Kier molecular flexibility index (Phi) is 3.72. The second-order valence-electron chi connectivity index (χ2n) is 4.46. The Labute approximate surface area is 101 Å². The Hall–Kier alpha value is -0.730. The monoisotopic (exact) mass is 240 g/mol. The lowest BCUT2D eigenvalue weighted by atomic mass is 9.85. The molecule has 0 spiro atoms. The molecule has 88 valence electrons. The van der Waals surface area contributed by atoms with Crippen LogP contribution in [0.5, 0.6) is 5.75 Å². The molecule has 0 amide bonds. The van der Waals surface area contributed by atoms with Crippen molar-refractivity contribution in [3.63, 3.8) is 0 Å². The van der Waals surface area contributed by atoms with Crippen molar-refractivity contribution in [2.45, 2.75) is 37.7 Å². The summed E-state index contributed by atoms with van der Waals surface area (Å²) in [6.45, 7) is 0.0929. The summed E-state index contributed by atoms with van der Waals surface area (Å²) in [7, 11) is 0. The first kappa shape index (κ1) is 11.7. The molecule has 1 aromatic carbocycles. The standard InChI is InChI=1S/C13H17ClO2/c14-11-4-6-12(7-5-11)16-13(10-15)8-2-1-3-9-13/h4-7,15H,1-3,8-10H2. The second kappa shape index (κ2) is 5.07. The highest BCUT2D eigenvalue weighted by atomic mass is 35.5. The summed E-state index contributed by atoms with van der Waals surface area (Å²) in [6, 6.07) is 7.33. The number of hydrogen-bond acceptors (Lipinski definition) is 2. The van der Waals surface area contributed by atoms with Crippen LogP contribution in [0.15, 0.2) is 24.3 Å². The maximum atomic E-state index is 9.51.